The number of amides is 2. The molecule has 0 radical (unpaired) electrons. The average molecular weight is 340 g/mol. The van der Waals surface area contributed by atoms with Crippen LogP contribution < -0.4 is 15.0 Å². The van der Waals surface area contributed by atoms with Gasteiger partial charge >= 0.3 is 0 Å². The largest absolute Gasteiger partial charge is 0.497 e. The summed E-state index contributed by atoms with van der Waals surface area (Å²) in [5.41, 5.74) is 3.63. The van der Waals surface area contributed by atoms with E-state index in [-0.39, 0.29) is 11.8 Å². The molecule has 0 saturated heterocycles. The second-order valence-electron chi connectivity index (χ2n) is 5.92. The zero-order valence-corrected chi connectivity index (χ0v) is 15.1. The van der Waals surface area contributed by atoms with E-state index in [0.29, 0.717) is 18.7 Å². The Morgan fingerprint density at radius 2 is 1.72 bits per heavy atom. The molecule has 0 aliphatic rings. The first-order valence-corrected chi connectivity index (χ1v) is 8.20. The van der Waals surface area contributed by atoms with E-state index >= 15 is 0 Å². The molecule has 132 valence electrons. The zero-order chi connectivity index (χ0) is 18.4. The van der Waals surface area contributed by atoms with Crippen molar-refractivity contribution in [2.24, 2.45) is 0 Å². The summed E-state index contributed by atoms with van der Waals surface area (Å²) in [5, 5.41) is 2.87. The summed E-state index contributed by atoms with van der Waals surface area (Å²) < 4.78 is 5.13. The van der Waals surface area contributed by atoms with E-state index in [1.54, 1.807) is 24.1 Å². The van der Waals surface area contributed by atoms with Gasteiger partial charge in [0.2, 0.25) is 5.91 Å². The number of methoxy groups -OCH3 is 1. The maximum atomic E-state index is 12.2. The Morgan fingerprint density at radius 3 is 2.28 bits per heavy atom. The third kappa shape index (κ3) is 4.83. The Bertz CT molecular complexity index is 754. The molecule has 0 saturated carbocycles. The van der Waals surface area contributed by atoms with Gasteiger partial charge in [-0.3, -0.25) is 9.59 Å². The SMILES string of the molecule is COc1ccc(N(CCNC(=O)c2ccc(C)c(C)c2)C(C)=O)cc1. The van der Waals surface area contributed by atoms with Crippen LogP contribution in [0.3, 0.4) is 0 Å². The number of carbonyl (C=O) groups is 2. The monoisotopic (exact) mass is 340 g/mol. The van der Waals surface area contributed by atoms with Gasteiger partial charge in [0.15, 0.2) is 0 Å². The van der Waals surface area contributed by atoms with E-state index in [1.165, 1.54) is 6.92 Å². The van der Waals surface area contributed by atoms with Gasteiger partial charge in [-0.25, -0.2) is 0 Å². The van der Waals surface area contributed by atoms with Gasteiger partial charge < -0.3 is 15.0 Å². The van der Waals surface area contributed by atoms with Crippen LogP contribution in [0, 0.1) is 13.8 Å². The summed E-state index contributed by atoms with van der Waals surface area (Å²) in [6.45, 7) is 6.27. The molecule has 0 spiro atoms. The molecule has 5 heteroatoms. The molecule has 2 rings (SSSR count). The first kappa shape index (κ1) is 18.5. The van der Waals surface area contributed by atoms with E-state index < -0.39 is 0 Å². The minimum Gasteiger partial charge on any atom is -0.497 e. The van der Waals surface area contributed by atoms with Gasteiger partial charge in [-0.05, 0) is 61.4 Å². The maximum absolute atomic E-state index is 12.2. The quantitative estimate of drug-likeness (QED) is 0.879. The van der Waals surface area contributed by atoms with Crippen LogP contribution in [0.2, 0.25) is 0 Å². The van der Waals surface area contributed by atoms with Gasteiger partial charge in [0.05, 0.1) is 7.11 Å². The first-order chi connectivity index (χ1) is 11.9. The number of hydrogen-bond acceptors (Lipinski definition) is 3. The molecule has 0 aliphatic carbocycles. The van der Waals surface area contributed by atoms with Gasteiger partial charge in [0, 0.05) is 31.3 Å². The van der Waals surface area contributed by atoms with Crippen molar-refractivity contribution in [3.05, 3.63) is 59.2 Å². The maximum Gasteiger partial charge on any atom is 0.251 e. The molecule has 0 aromatic heterocycles. The van der Waals surface area contributed by atoms with Crippen LogP contribution in [0.4, 0.5) is 5.69 Å². The Hall–Kier alpha value is -2.82. The van der Waals surface area contributed by atoms with Gasteiger partial charge in [0.1, 0.15) is 5.75 Å². The number of carbonyl (C=O) groups excluding carboxylic acids is 2. The molecule has 0 atom stereocenters. The fourth-order valence-electron chi connectivity index (χ4n) is 2.50. The van der Waals surface area contributed by atoms with Crippen molar-refractivity contribution in [1.29, 1.82) is 0 Å². The van der Waals surface area contributed by atoms with E-state index in [4.69, 9.17) is 4.74 Å². The highest BCUT2D eigenvalue weighted by atomic mass is 16.5. The third-order valence-corrected chi connectivity index (χ3v) is 4.15. The average Bonchev–Trinajstić information content (AvgIpc) is 2.60. The Kier molecular flexibility index (Phi) is 6.17. The fourth-order valence-corrected chi connectivity index (χ4v) is 2.50. The molecule has 0 fully saturated rings. The van der Waals surface area contributed by atoms with Crippen molar-refractivity contribution in [3.63, 3.8) is 0 Å². The number of rotatable bonds is 6. The molecule has 1 N–H and O–H groups in total. The fraction of sp³-hybridized carbons (Fsp3) is 0.300. The van der Waals surface area contributed by atoms with Crippen molar-refractivity contribution in [2.45, 2.75) is 20.8 Å². The van der Waals surface area contributed by atoms with Gasteiger partial charge in [-0.15, -0.1) is 0 Å². The highest BCUT2D eigenvalue weighted by Gasteiger charge is 2.12. The number of ether oxygens (including phenoxy) is 1. The van der Waals surface area contributed by atoms with Crippen LogP contribution in [0.15, 0.2) is 42.5 Å². The van der Waals surface area contributed by atoms with Gasteiger partial charge in [-0.2, -0.15) is 0 Å². The molecule has 5 nitrogen and oxygen atoms in total. The predicted octanol–water partition coefficient (Wildman–Crippen LogP) is 3.09. The van der Waals surface area contributed by atoms with Crippen LogP contribution in [-0.2, 0) is 4.79 Å². The number of hydrogen-bond donors (Lipinski definition) is 1. The number of nitrogens with one attached hydrogen (secondary N) is 1. The molecular formula is C20H24N2O3. The highest BCUT2D eigenvalue weighted by Crippen LogP contribution is 2.19. The minimum atomic E-state index is -0.138. The number of nitrogens with zero attached hydrogens (tertiary/aromatic N) is 1. The van der Waals surface area contributed by atoms with Crippen LogP contribution in [0.1, 0.15) is 28.4 Å². The summed E-state index contributed by atoms with van der Waals surface area (Å²) in [6, 6.07) is 12.9. The Balaban J connectivity index is 1.97. The van der Waals surface area contributed by atoms with Crippen LogP contribution in [-0.4, -0.2) is 32.0 Å². The number of benzene rings is 2. The molecule has 0 heterocycles. The second kappa shape index (κ2) is 8.33. The van der Waals surface area contributed by atoms with Crippen molar-refractivity contribution >= 4 is 17.5 Å². The lowest BCUT2D eigenvalue weighted by Crippen LogP contribution is -2.37. The summed E-state index contributed by atoms with van der Waals surface area (Å²) >= 11 is 0. The lowest BCUT2D eigenvalue weighted by atomic mass is 10.1. The summed E-state index contributed by atoms with van der Waals surface area (Å²) in [6.07, 6.45) is 0. The van der Waals surface area contributed by atoms with E-state index in [9.17, 15) is 9.59 Å². The first-order valence-electron chi connectivity index (χ1n) is 8.20. The second-order valence-corrected chi connectivity index (χ2v) is 5.92. The lowest BCUT2D eigenvalue weighted by Gasteiger charge is -2.21. The predicted molar refractivity (Wildman–Crippen MR) is 99.3 cm³/mol. The van der Waals surface area contributed by atoms with Crippen molar-refractivity contribution < 1.29 is 14.3 Å². The van der Waals surface area contributed by atoms with Gasteiger partial charge in [-0.1, -0.05) is 6.07 Å². The summed E-state index contributed by atoms with van der Waals surface area (Å²) in [7, 11) is 1.60. The van der Waals surface area contributed by atoms with Crippen LogP contribution in [0.5, 0.6) is 5.75 Å². The normalized spacial score (nSPS) is 10.2. The van der Waals surface area contributed by atoms with E-state index in [2.05, 4.69) is 5.32 Å². The third-order valence-electron chi connectivity index (χ3n) is 4.15. The molecule has 2 aromatic rings. The minimum absolute atomic E-state index is 0.0782. The topological polar surface area (TPSA) is 58.6 Å². The molecule has 0 bridgehead atoms. The Morgan fingerprint density at radius 1 is 1.04 bits per heavy atom. The standard InChI is InChI=1S/C20H24N2O3/c1-14-5-6-17(13-15(14)2)20(24)21-11-12-22(16(3)23)18-7-9-19(25-4)10-8-18/h5-10,13H,11-12H2,1-4H3,(H,21,24). The molecule has 2 amide bonds. The van der Waals surface area contributed by atoms with Gasteiger partial charge in [0.25, 0.3) is 5.91 Å². The molecular weight excluding hydrogens is 316 g/mol. The lowest BCUT2D eigenvalue weighted by molar-refractivity contribution is -0.116. The molecule has 25 heavy (non-hydrogen) atoms. The molecule has 0 unspecified atom stereocenters. The summed E-state index contributed by atoms with van der Waals surface area (Å²) in [4.78, 5) is 25.8. The summed E-state index contributed by atoms with van der Waals surface area (Å²) in [5.74, 6) is 0.516. The van der Waals surface area contributed by atoms with Crippen molar-refractivity contribution in [1.82, 2.24) is 5.32 Å². The van der Waals surface area contributed by atoms with Crippen molar-refractivity contribution in [2.75, 3.05) is 25.1 Å². The molecule has 0 aliphatic heterocycles. The Labute approximate surface area is 148 Å². The highest BCUT2D eigenvalue weighted by molar-refractivity contribution is 5.95. The van der Waals surface area contributed by atoms with E-state index in [1.807, 2.05) is 44.2 Å². The van der Waals surface area contributed by atoms with E-state index in [0.717, 1.165) is 22.6 Å². The number of anilines is 1. The number of aryl methyl sites for hydroxylation is 2. The zero-order valence-electron chi connectivity index (χ0n) is 15.1. The molecule has 2 aromatic carbocycles. The van der Waals surface area contributed by atoms with Crippen molar-refractivity contribution in [3.8, 4) is 5.75 Å². The smallest absolute Gasteiger partial charge is 0.251 e. The van der Waals surface area contributed by atoms with Crippen LogP contribution >= 0.6 is 0 Å². The van der Waals surface area contributed by atoms with Crippen LogP contribution in [0.25, 0.3) is 0 Å².